The molecular formula is C20H41N. The highest BCUT2D eigenvalue weighted by atomic mass is 14.9. The summed E-state index contributed by atoms with van der Waals surface area (Å²) < 4.78 is 0. The molecule has 1 aliphatic carbocycles. The van der Waals surface area contributed by atoms with E-state index >= 15 is 0 Å². The molecule has 0 amide bonds. The Balaban J connectivity index is 2.15. The normalized spacial score (nSPS) is 19.0. The summed E-state index contributed by atoms with van der Waals surface area (Å²) in [7, 11) is 0. The van der Waals surface area contributed by atoms with Gasteiger partial charge in [-0.25, -0.2) is 0 Å². The quantitative estimate of drug-likeness (QED) is 0.384. The third-order valence-electron chi connectivity index (χ3n) is 5.57. The van der Waals surface area contributed by atoms with Gasteiger partial charge in [-0.05, 0) is 37.6 Å². The highest BCUT2D eigenvalue weighted by Crippen LogP contribution is 2.42. The molecule has 1 atom stereocenters. The van der Waals surface area contributed by atoms with E-state index in [0.29, 0.717) is 5.41 Å². The van der Waals surface area contributed by atoms with Crippen molar-refractivity contribution >= 4 is 0 Å². The number of hydrogen-bond donors (Lipinski definition) is 1. The predicted octanol–water partition coefficient (Wildman–Crippen LogP) is 6.47. The van der Waals surface area contributed by atoms with E-state index in [0.717, 1.165) is 6.04 Å². The molecule has 0 heterocycles. The molecule has 0 aromatic carbocycles. The number of rotatable bonds is 13. The summed E-state index contributed by atoms with van der Waals surface area (Å²) in [4.78, 5) is 0. The van der Waals surface area contributed by atoms with Crippen molar-refractivity contribution in [3.05, 3.63) is 0 Å². The Morgan fingerprint density at radius 3 is 1.95 bits per heavy atom. The van der Waals surface area contributed by atoms with Crippen LogP contribution in [0.15, 0.2) is 0 Å². The van der Waals surface area contributed by atoms with Gasteiger partial charge >= 0.3 is 0 Å². The van der Waals surface area contributed by atoms with Gasteiger partial charge in [0.25, 0.3) is 0 Å². The molecule has 1 unspecified atom stereocenters. The van der Waals surface area contributed by atoms with Crippen molar-refractivity contribution in [1.82, 2.24) is 5.32 Å². The van der Waals surface area contributed by atoms with Gasteiger partial charge in [0.15, 0.2) is 0 Å². The van der Waals surface area contributed by atoms with Gasteiger partial charge in [-0.1, -0.05) is 85.0 Å². The van der Waals surface area contributed by atoms with Crippen LogP contribution in [-0.2, 0) is 0 Å². The maximum Gasteiger partial charge on any atom is 0.0121 e. The third-order valence-corrected chi connectivity index (χ3v) is 5.57. The molecule has 0 aromatic rings. The molecule has 0 bridgehead atoms. The van der Waals surface area contributed by atoms with Crippen LogP contribution in [0.4, 0.5) is 0 Å². The lowest BCUT2D eigenvalue weighted by Gasteiger charge is -2.35. The first kappa shape index (κ1) is 19.0. The average molecular weight is 296 g/mol. The number of unbranched alkanes of at least 4 members (excludes halogenated alkanes) is 7. The Bertz CT molecular complexity index is 230. The van der Waals surface area contributed by atoms with Crippen LogP contribution in [0.2, 0.25) is 0 Å². The predicted molar refractivity (Wildman–Crippen MR) is 95.9 cm³/mol. The zero-order valence-corrected chi connectivity index (χ0v) is 15.2. The zero-order chi connectivity index (χ0) is 15.4. The van der Waals surface area contributed by atoms with Crippen molar-refractivity contribution < 1.29 is 0 Å². The Morgan fingerprint density at radius 1 is 0.810 bits per heavy atom. The summed E-state index contributed by atoms with van der Waals surface area (Å²) in [6.45, 7) is 8.33. The first-order chi connectivity index (χ1) is 10.2. The molecule has 1 saturated carbocycles. The first-order valence-corrected chi connectivity index (χ1v) is 9.96. The van der Waals surface area contributed by atoms with E-state index in [1.54, 1.807) is 0 Å². The molecule has 126 valence electrons. The molecule has 0 radical (unpaired) electrons. The SMILES string of the molecule is CCCCCCCCCCC(NCCC)C1(C)CCCC1. The van der Waals surface area contributed by atoms with Crippen LogP contribution in [0.1, 0.15) is 111 Å². The molecular weight excluding hydrogens is 254 g/mol. The van der Waals surface area contributed by atoms with Crippen LogP contribution in [0.3, 0.4) is 0 Å². The topological polar surface area (TPSA) is 12.0 Å². The summed E-state index contributed by atoms with van der Waals surface area (Å²) in [6.07, 6.45) is 20.0. The van der Waals surface area contributed by atoms with Gasteiger partial charge in [0.05, 0.1) is 0 Å². The summed E-state index contributed by atoms with van der Waals surface area (Å²) in [5.74, 6) is 0. The second-order valence-electron chi connectivity index (χ2n) is 7.63. The summed E-state index contributed by atoms with van der Waals surface area (Å²) >= 11 is 0. The second kappa shape index (κ2) is 11.5. The van der Waals surface area contributed by atoms with E-state index in [4.69, 9.17) is 0 Å². The molecule has 1 N–H and O–H groups in total. The lowest BCUT2D eigenvalue weighted by atomic mass is 9.78. The van der Waals surface area contributed by atoms with Crippen molar-refractivity contribution in [2.45, 2.75) is 117 Å². The maximum absolute atomic E-state index is 3.87. The van der Waals surface area contributed by atoms with Crippen LogP contribution in [0.5, 0.6) is 0 Å². The monoisotopic (exact) mass is 295 g/mol. The average Bonchev–Trinajstić information content (AvgIpc) is 2.92. The fourth-order valence-corrected chi connectivity index (χ4v) is 4.03. The van der Waals surface area contributed by atoms with E-state index in [2.05, 4.69) is 26.1 Å². The highest BCUT2D eigenvalue weighted by Gasteiger charge is 2.35. The van der Waals surface area contributed by atoms with Gasteiger partial charge < -0.3 is 5.32 Å². The number of hydrogen-bond acceptors (Lipinski definition) is 1. The van der Waals surface area contributed by atoms with Crippen molar-refractivity contribution in [3.63, 3.8) is 0 Å². The molecule has 1 fully saturated rings. The summed E-state index contributed by atoms with van der Waals surface area (Å²) in [6, 6.07) is 0.778. The van der Waals surface area contributed by atoms with Gasteiger partial charge in [0.2, 0.25) is 0 Å². The zero-order valence-electron chi connectivity index (χ0n) is 15.2. The minimum atomic E-state index is 0.594. The smallest absolute Gasteiger partial charge is 0.0121 e. The molecule has 1 aliphatic rings. The van der Waals surface area contributed by atoms with E-state index in [-0.39, 0.29) is 0 Å². The lowest BCUT2D eigenvalue weighted by Crippen LogP contribution is -2.42. The van der Waals surface area contributed by atoms with Gasteiger partial charge in [-0.3, -0.25) is 0 Å². The molecule has 0 aromatic heterocycles. The molecule has 21 heavy (non-hydrogen) atoms. The number of nitrogens with one attached hydrogen (secondary N) is 1. The van der Waals surface area contributed by atoms with Gasteiger partial charge in [-0.2, -0.15) is 0 Å². The Kier molecular flexibility index (Phi) is 10.4. The van der Waals surface area contributed by atoms with Crippen LogP contribution in [0.25, 0.3) is 0 Å². The van der Waals surface area contributed by atoms with Gasteiger partial charge in [-0.15, -0.1) is 0 Å². The molecule has 0 saturated heterocycles. The van der Waals surface area contributed by atoms with E-state index < -0.39 is 0 Å². The largest absolute Gasteiger partial charge is 0.313 e. The lowest BCUT2D eigenvalue weighted by molar-refractivity contribution is 0.206. The molecule has 1 heteroatoms. The molecule has 1 nitrogen and oxygen atoms in total. The minimum absolute atomic E-state index is 0.594. The minimum Gasteiger partial charge on any atom is -0.313 e. The molecule has 0 spiro atoms. The van der Waals surface area contributed by atoms with Crippen molar-refractivity contribution in [2.75, 3.05) is 6.54 Å². The van der Waals surface area contributed by atoms with Gasteiger partial charge in [0, 0.05) is 6.04 Å². The summed E-state index contributed by atoms with van der Waals surface area (Å²) in [5.41, 5.74) is 0.594. The van der Waals surface area contributed by atoms with Crippen LogP contribution in [0, 0.1) is 5.41 Å². The highest BCUT2D eigenvalue weighted by molar-refractivity contribution is 4.91. The first-order valence-electron chi connectivity index (χ1n) is 9.96. The Morgan fingerprint density at radius 2 is 1.38 bits per heavy atom. The standard InChI is InChI=1S/C20H41N/c1-4-6-7-8-9-10-11-12-15-19(21-18-5-2)20(3)16-13-14-17-20/h19,21H,4-18H2,1-3H3. The second-order valence-corrected chi connectivity index (χ2v) is 7.63. The fraction of sp³-hybridized carbons (Fsp3) is 1.00. The Labute approximate surface area is 134 Å². The van der Waals surface area contributed by atoms with E-state index in [1.807, 2.05) is 0 Å². The molecule has 1 rings (SSSR count). The maximum atomic E-state index is 3.87. The summed E-state index contributed by atoms with van der Waals surface area (Å²) in [5, 5.41) is 3.87. The molecule has 0 aliphatic heterocycles. The van der Waals surface area contributed by atoms with Gasteiger partial charge in [0.1, 0.15) is 0 Å². The Hall–Kier alpha value is -0.0400. The van der Waals surface area contributed by atoms with Crippen molar-refractivity contribution in [3.8, 4) is 0 Å². The van der Waals surface area contributed by atoms with Crippen LogP contribution < -0.4 is 5.32 Å². The van der Waals surface area contributed by atoms with Crippen molar-refractivity contribution in [2.24, 2.45) is 5.41 Å². The van der Waals surface area contributed by atoms with E-state index in [9.17, 15) is 0 Å². The van der Waals surface area contributed by atoms with Crippen LogP contribution in [-0.4, -0.2) is 12.6 Å². The van der Waals surface area contributed by atoms with E-state index in [1.165, 1.54) is 96.4 Å². The van der Waals surface area contributed by atoms with Crippen molar-refractivity contribution in [1.29, 1.82) is 0 Å². The fourth-order valence-electron chi connectivity index (χ4n) is 4.03. The third kappa shape index (κ3) is 7.68. The van der Waals surface area contributed by atoms with Crippen LogP contribution >= 0.6 is 0 Å².